The van der Waals surface area contributed by atoms with Gasteiger partial charge in [0.15, 0.2) is 0 Å². The van der Waals surface area contributed by atoms with Crippen LogP contribution in [-0.4, -0.2) is 30.4 Å². The van der Waals surface area contributed by atoms with E-state index in [1.54, 1.807) is 18.5 Å². The smallest absolute Gasteiger partial charge is 0.311 e. The molecule has 0 bridgehead atoms. The molecule has 0 saturated heterocycles. The van der Waals surface area contributed by atoms with Crippen LogP contribution in [0.1, 0.15) is 31.0 Å². The van der Waals surface area contributed by atoms with Crippen molar-refractivity contribution in [2.45, 2.75) is 26.2 Å². The van der Waals surface area contributed by atoms with E-state index in [0.29, 0.717) is 30.5 Å². The molecule has 7 nitrogen and oxygen atoms in total. The van der Waals surface area contributed by atoms with E-state index in [4.69, 9.17) is 14.7 Å². The second-order valence-corrected chi connectivity index (χ2v) is 6.03. The summed E-state index contributed by atoms with van der Waals surface area (Å²) in [6, 6.07) is 9.57. The summed E-state index contributed by atoms with van der Waals surface area (Å²) in [5.41, 5.74) is 4.41. The van der Waals surface area contributed by atoms with Crippen molar-refractivity contribution in [3.63, 3.8) is 0 Å². The Balaban J connectivity index is 1.78. The molecule has 1 aromatic heterocycles. The summed E-state index contributed by atoms with van der Waals surface area (Å²) in [6.07, 6.45) is 3.04. The first-order chi connectivity index (χ1) is 12.7. The standard InChI is InChI=1S/C18H20N4O3S/c1-2-24-17(23)11-15-13-26-18(21-15)22-20-12-14-5-7-16(8-6-14)25-10-4-3-9-19/h5-8,12-13H,2-4,10-11H2,1H3,(H,21,22). The topological polar surface area (TPSA) is 96.6 Å². The molecule has 0 fully saturated rings. The number of thiazole rings is 1. The highest BCUT2D eigenvalue weighted by Crippen LogP contribution is 2.16. The van der Waals surface area contributed by atoms with E-state index in [-0.39, 0.29) is 12.4 Å². The summed E-state index contributed by atoms with van der Waals surface area (Å²) in [6.45, 7) is 2.66. The van der Waals surface area contributed by atoms with Crippen LogP contribution in [0.15, 0.2) is 34.7 Å². The Morgan fingerprint density at radius 1 is 1.42 bits per heavy atom. The number of hydrogen-bond acceptors (Lipinski definition) is 8. The van der Waals surface area contributed by atoms with Gasteiger partial charge in [0.2, 0.25) is 5.13 Å². The van der Waals surface area contributed by atoms with Gasteiger partial charge in [-0.2, -0.15) is 10.4 Å². The van der Waals surface area contributed by atoms with Crippen LogP contribution < -0.4 is 10.2 Å². The fourth-order valence-corrected chi connectivity index (χ4v) is 2.61. The van der Waals surface area contributed by atoms with Crippen molar-refractivity contribution in [3.8, 4) is 11.8 Å². The number of hydrazone groups is 1. The Morgan fingerprint density at radius 2 is 2.23 bits per heavy atom. The fraction of sp³-hybridized carbons (Fsp3) is 0.333. The summed E-state index contributed by atoms with van der Waals surface area (Å²) >= 11 is 1.37. The normalized spacial score (nSPS) is 10.5. The molecular formula is C18H20N4O3S. The number of anilines is 1. The molecule has 0 atom stereocenters. The minimum Gasteiger partial charge on any atom is -0.494 e. The molecule has 8 heteroatoms. The fourth-order valence-electron chi connectivity index (χ4n) is 1.95. The van der Waals surface area contributed by atoms with Crippen LogP contribution in [0.25, 0.3) is 0 Å². The van der Waals surface area contributed by atoms with Crippen LogP contribution in [0.5, 0.6) is 5.75 Å². The van der Waals surface area contributed by atoms with Gasteiger partial charge in [-0.3, -0.25) is 10.2 Å². The van der Waals surface area contributed by atoms with Gasteiger partial charge in [0.05, 0.1) is 37.6 Å². The van der Waals surface area contributed by atoms with Gasteiger partial charge in [-0.25, -0.2) is 4.98 Å². The van der Waals surface area contributed by atoms with Crippen LogP contribution >= 0.6 is 11.3 Å². The Bertz CT molecular complexity index is 765. The van der Waals surface area contributed by atoms with Crippen molar-refractivity contribution in [1.82, 2.24) is 4.98 Å². The highest BCUT2D eigenvalue weighted by atomic mass is 32.1. The molecule has 1 N–H and O–H groups in total. The molecule has 0 amide bonds. The second kappa shape index (κ2) is 10.8. The Labute approximate surface area is 156 Å². The van der Waals surface area contributed by atoms with Crippen LogP contribution in [0.2, 0.25) is 0 Å². The molecule has 0 aliphatic heterocycles. The second-order valence-electron chi connectivity index (χ2n) is 5.17. The molecule has 26 heavy (non-hydrogen) atoms. The van der Waals surface area contributed by atoms with Crippen molar-refractivity contribution >= 4 is 28.7 Å². The van der Waals surface area contributed by atoms with Crippen molar-refractivity contribution < 1.29 is 14.3 Å². The number of aromatic nitrogens is 1. The third-order valence-electron chi connectivity index (χ3n) is 3.14. The molecule has 2 aromatic rings. The Morgan fingerprint density at radius 3 is 2.96 bits per heavy atom. The number of carbonyl (C=O) groups is 1. The van der Waals surface area contributed by atoms with E-state index in [1.807, 2.05) is 24.3 Å². The molecule has 0 radical (unpaired) electrons. The molecule has 0 saturated carbocycles. The van der Waals surface area contributed by atoms with Crippen LogP contribution in [0, 0.1) is 11.3 Å². The number of nitriles is 1. The zero-order chi connectivity index (χ0) is 18.6. The summed E-state index contributed by atoms with van der Waals surface area (Å²) in [5, 5.41) is 15.0. The molecule has 0 unspecified atom stereocenters. The lowest BCUT2D eigenvalue weighted by atomic mass is 10.2. The Hall–Kier alpha value is -2.92. The first kappa shape index (κ1) is 19.4. The van der Waals surface area contributed by atoms with Crippen molar-refractivity contribution in [2.24, 2.45) is 5.10 Å². The zero-order valence-electron chi connectivity index (χ0n) is 14.5. The average Bonchev–Trinajstić information content (AvgIpc) is 3.07. The SMILES string of the molecule is CCOC(=O)Cc1csc(NN=Cc2ccc(OCCCC#N)cc2)n1. The number of hydrogen-bond donors (Lipinski definition) is 1. The van der Waals surface area contributed by atoms with E-state index in [0.717, 1.165) is 17.7 Å². The largest absolute Gasteiger partial charge is 0.494 e. The van der Waals surface area contributed by atoms with Crippen LogP contribution in [0.4, 0.5) is 5.13 Å². The number of nitrogens with zero attached hydrogens (tertiary/aromatic N) is 3. The molecule has 1 aromatic carbocycles. The predicted molar refractivity (Wildman–Crippen MR) is 100 cm³/mol. The molecule has 0 aliphatic rings. The lowest BCUT2D eigenvalue weighted by Crippen LogP contribution is -2.07. The highest BCUT2D eigenvalue weighted by molar-refractivity contribution is 7.13. The van der Waals surface area contributed by atoms with Crippen molar-refractivity contribution in [2.75, 3.05) is 18.6 Å². The van der Waals surface area contributed by atoms with E-state index >= 15 is 0 Å². The van der Waals surface area contributed by atoms with Gasteiger partial charge in [0.25, 0.3) is 0 Å². The maximum Gasteiger partial charge on any atom is 0.311 e. The van der Waals surface area contributed by atoms with Gasteiger partial charge in [-0.15, -0.1) is 11.3 Å². The summed E-state index contributed by atoms with van der Waals surface area (Å²) in [4.78, 5) is 15.7. The Kier molecular flexibility index (Phi) is 8.09. The molecule has 0 aliphatic carbocycles. The molecule has 0 spiro atoms. The molecule has 2 rings (SSSR count). The zero-order valence-corrected chi connectivity index (χ0v) is 15.3. The first-order valence-corrected chi connectivity index (χ1v) is 9.08. The number of unbranched alkanes of at least 4 members (excludes halogenated alkanes) is 1. The maximum absolute atomic E-state index is 11.4. The van der Waals surface area contributed by atoms with Crippen LogP contribution in [-0.2, 0) is 16.0 Å². The van der Waals surface area contributed by atoms with Gasteiger partial charge in [-0.1, -0.05) is 0 Å². The minimum absolute atomic E-state index is 0.158. The molecule has 1 heterocycles. The highest BCUT2D eigenvalue weighted by Gasteiger charge is 2.07. The predicted octanol–water partition coefficient (Wildman–Crippen LogP) is 3.38. The summed E-state index contributed by atoms with van der Waals surface area (Å²) in [7, 11) is 0. The summed E-state index contributed by atoms with van der Waals surface area (Å²) < 4.78 is 10.4. The van der Waals surface area contributed by atoms with Gasteiger partial charge in [0.1, 0.15) is 5.75 Å². The van der Waals surface area contributed by atoms with Crippen molar-refractivity contribution in [1.29, 1.82) is 5.26 Å². The van der Waals surface area contributed by atoms with E-state index < -0.39 is 0 Å². The van der Waals surface area contributed by atoms with E-state index in [1.165, 1.54) is 11.3 Å². The van der Waals surface area contributed by atoms with Gasteiger partial charge in [0, 0.05) is 11.8 Å². The third-order valence-corrected chi connectivity index (χ3v) is 3.93. The average molecular weight is 372 g/mol. The number of carbonyl (C=O) groups excluding carboxylic acids is 1. The van der Waals surface area contributed by atoms with Crippen LogP contribution in [0.3, 0.4) is 0 Å². The summed E-state index contributed by atoms with van der Waals surface area (Å²) in [5.74, 6) is 0.472. The number of benzene rings is 1. The van der Waals surface area contributed by atoms with Gasteiger partial charge < -0.3 is 9.47 Å². The van der Waals surface area contributed by atoms with Crippen molar-refractivity contribution in [3.05, 3.63) is 40.9 Å². The first-order valence-electron chi connectivity index (χ1n) is 8.20. The number of esters is 1. The molecule has 136 valence electrons. The van der Waals surface area contributed by atoms with E-state index in [9.17, 15) is 4.79 Å². The number of nitrogens with one attached hydrogen (secondary N) is 1. The minimum atomic E-state index is -0.289. The lowest BCUT2D eigenvalue weighted by Gasteiger charge is -2.04. The monoisotopic (exact) mass is 372 g/mol. The van der Waals surface area contributed by atoms with Gasteiger partial charge in [-0.05, 0) is 43.2 Å². The maximum atomic E-state index is 11.4. The lowest BCUT2D eigenvalue weighted by molar-refractivity contribution is -0.142. The molecular weight excluding hydrogens is 352 g/mol. The van der Waals surface area contributed by atoms with E-state index in [2.05, 4.69) is 21.6 Å². The van der Waals surface area contributed by atoms with Gasteiger partial charge >= 0.3 is 5.97 Å². The third kappa shape index (κ3) is 6.91. The number of ether oxygens (including phenoxy) is 2. The quantitative estimate of drug-likeness (QED) is 0.297. The number of rotatable bonds is 10.